The van der Waals surface area contributed by atoms with Gasteiger partial charge in [-0.25, -0.2) is 0 Å². The Bertz CT molecular complexity index is 1680. The summed E-state index contributed by atoms with van der Waals surface area (Å²) >= 11 is -0.826. The molecule has 0 aliphatic heterocycles. The first-order chi connectivity index (χ1) is 22.2. The van der Waals surface area contributed by atoms with Gasteiger partial charge in [0.1, 0.15) is 0 Å². The second-order valence-electron chi connectivity index (χ2n) is 12.0. The van der Waals surface area contributed by atoms with Crippen LogP contribution >= 0.6 is 17.0 Å². The fraction of sp³-hybridized carbons (Fsp3) is 0.286. The van der Waals surface area contributed by atoms with Crippen molar-refractivity contribution in [2.75, 3.05) is 0 Å². The number of benzene rings is 4. The van der Waals surface area contributed by atoms with Crippen molar-refractivity contribution in [3.05, 3.63) is 130 Å². The summed E-state index contributed by atoms with van der Waals surface area (Å²) in [6.07, 6.45) is 4.65. The number of aryl methyl sites for hydroxylation is 6. The molecule has 0 nitrogen and oxygen atoms in total. The van der Waals surface area contributed by atoms with Crippen LogP contribution in [0, 0.1) is 27.7 Å². The second kappa shape index (κ2) is 19.6. The van der Waals surface area contributed by atoms with E-state index >= 15 is 0 Å². The molecule has 0 saturated carbocycles. The second-order valence-corrected chi connectivity index (χ2v) is 16.7. The molecule has 0 aliphatic carbocycles. The number of hydrogen-bond donors (Lipinski definition) is 0. The van der Waals surface area contributed by atoms with Crippen molar-refractivity contribution in [2.24, 2.45) is 0 Å². The molecule has 0 amide bonds. The molecule has 0 aliphatic rings. The quantitative estimate of drug-likeness (QED) is 0.118. The molecule has 0 unspecified atom stereocenters. The maximum absolute atomic E-state index is 4.93. The first-order valence-corrected chi connectivity index (χ1v) is 24.6. The van der Waals surface area contributed by atoms with E-state index in [1.54, 1.807) is 0 Å². The average molecular weight is 743 g/mol. The summed E-state index contributed by atoms with van der Waals surface area (Å²) in [5.74, 6) is 0. The van der Waals surface area contributed by atoms with Crippen molar-refractivity contribution < 1.29 is 20.8 Å². The average Bonchev–Trinajstić information content (AvgIpc) is 3.60. The van der Waals surface area contributed by atoms with Crippen LogP contribution in [0.2, 0.25) is 13.1 Å². The Morgan fingerprint density at radius 3 is 1.26 bits per heavy atom. The Morgan fingerprint density at radius 2 is 0.935 bits per heavy atom. The molecule has 0 atom stereocenters. The summed E-state index contributed by atoms with van der Waals surface area (Å²) in [6.45, 7) is 17.6. The van der Waals surface area contributed by atoms with Crippen LogP contribution in [0.25, 0.3) is 43.8 Å². The van der Waals surface area contributed by atoms with E-state index in [9.17, 15) is 0 Å². The first kappa shape index (κ1) is 38.2. The van der Waals surface area contributed by atoms with Gasteiger partial charge in [-0.2, -0.15) is 12.1 Å². The summed E-state index contributed by atoms with van der Waals surface area (Å²) in [5, 5.41) is 5.53. The molecule has 0 aromatic heterocycles. The van der Waals surface area contributed by atoms with Crippen LogP contribution in [0.4, 0.5) is 0 Å². The van der Waals surface area contributed by atoms with Crippen molar-refractivity contribution in [1.82, 2.24) is 0 Å². The Labute approximate surface area is 299 Å². The zero-order chi connectivity index (χ0) is 33.6. The summed E-state index contributed by atoms with van der Waals surface area (Å²) < 4.78 is 0. The third kappa shape index (κ3) is 9.90. The van der Waals surface area contributed by atoms with Gasteiger partial charge in [-0.1, -0.05) is 124 Å². The fourth-order valence-corrected chi connectivity index (χ4v) is 6.25. The summed E-state index contributed by atoms with van der Waals surface area (Å²) in [5.41, 5.74) is 14.0. The number of hydrogen-bond acceptors (Lipinski definition) is 0. The maximum atomic E-state index is 4.93. The number of rotatable bonds is 6. The summed E-state index contributed by atoms with van der Waals surface area (Å²) in [4.78, 5) is 0. The number of halogens is 2. The van der Waals surface area contributed by atoms with Gasteiger partial charge in [-0.15, -0.1) is 69.1 Å². The van der Waals surface area contributed by atoms with Crippen molar-refractivity contribution >= 4 is 48.1 Å². The van der Waals surface area contributed by atoms with Crippen LogP contribution in [-0.2, 0) is 33.7 Å². The third-order valence-electron chi connectivity index (χ3n) is 8.11. The van der Waals surface area contributed by atoms with E-state index in [4.69, 9.17) is 17.0 Å². The van der Waals surface area contributed by atoms with Gasteiger partial charge in [0.25, 0.3) is 0 Å². The van der Waals surface area contributed by atoms with E-state index in [1.807, 2.05) is 0 Å². The molecule has 6 aromatic carbocycles. The van der Waals surface area contributed by atoms with Gasteiger partial charge in [0.2, 0.25) is 0 Å². The SMILES string of the molecule is CCCc1ccc2[cH-]c(C)cc2c1-c1ccccc1C.CCCc1ccc2[cH-]c(C)cc2c1-c1ccccc1C.C[Si]C.[Cl][Zr+2][Cl]. The Kier molecular flexibility index (Phi) is 16.3. The van der Waals surface area contributed by atoms with Crippen LogP contribution in [-0.4, -0.2) is 9.52 Å². The van der Waals surface area contributed by atoms with Gasteiger partial charge in [0.15, 0.2) is 0 Å². The monoisotopic (exact) mass is 740 g/mol. The topological polar surface area (TPSA) is 0 Å². The molecule has 238 valence electrons. The Hall–Kier alpha value is -2.22. The van der Waals surface area contributed by atoms with Crippen LogP contribution < -0.4 is 0 Å². The van der Waals surface area contributed by atoms with Crippen LogP contribution in [0.3, 0.4) is 0 Å². The van der Waals surface area contributed by atoms with Crippen molar-refractivity contribution in [3.63, 3.8) is 0 Å². The molecular formula is C42H48Cl2SiZr. The van der Waals surface area contributed by atoms with Gasteiger partial charge in [-0.3, -0.25) is 0 Å². The van der Waals surface area contributed by atoms with E-state index in [0.29, 0.717) is 0 Å². The molecule has 0 spiro atoms. The van der Waals surface area contributed by atoms with Crippen LogP contribution in [0.5, 0.6) is 0 Å². The predicted octanol–water partition coefficient (Wildman–Crippen LogP) is 13.8. The molecule has 46 heavy (non-hydrogen) atoms. The fourth-order valence-electron chi connectivity index (χ4n) is 6.25. The Balaban J connectivity index is 0.000000214. The van der Waals surface area contributed by atoms with Gasteiger partial charge in [0.05, 0.1) is 0 Å². The van der Waals surface area contributed by atoms with Gasteiger partial charge < -0.3 is 0 Å². The molecule has 6 rings (SSSR count). The van der Waals surface area contributed by atoms with E-state index < -0.39 is 20.8 Å². The minimum atomic E-state index is -0.826. The summed E-state index contributed by atoms with van der Waals surface area (Å²) in [7, 11) is 11.0. The molecule has 2 radical (unpaired) electrons. The first-order valence-electron chi connectivity index (χ1n) is 16.3. The molecular weight excluding hydrogens is 695 g/mol. The van der Waals surface area contributed by atoms with E-state index in [1.165, 1.54) is 90.0 Å². The van der Waals surface area contributed by atoms with E-state index in [2.05, 4.69) is 152 Å². The Morgan fingerprint density at radius 1 is 0.587 bits per heavy atom. The molecule has 0 N–H and O–H groups in total. The van der Waals surface area contributed by atoms with Crippen LogP contribution in [0.15, 0.2) is 97.1 Å². The van der Waals surface area contributed by atoms with Gasteiger partial charge >= 0.3 is 37.9 Å². The minimum absolute atomic E-state index is 0.826. The molecule has 0 heterocycles. The standard InChI is InChI=1S/2C20H21.C2H6Si.2ClH.Zr/c2*1-4-7-16-10-11-17-12-14(2)13-19(17)20(16)18-9-6-5-8-15(18)3;1-3-2;;;/h2*5-6,8-13H,4,7H2,1-3H3;1-2H3;2*1H;/q2*-1;;;;+4/p-2. The summed E-state index contributed by atoms with van der Waals surface area (Å²) in [6, 6.07) is 35.9. The molecule has 4 heteroatoms. The zero-order valence-electron chi connectivity index (χ0n) is 28.8. The van der Waals surface area contributed by atoms with E-state index in [0.717, 1.165) is 22.4 Å². The van der Waals surface area contributed by atoms with Crippen molar-refractivity contribution in [3.8, 4) is 22.3 Å². The molecule has 0 fully saturated rings. The van der Waals surface area contributed by atoms with Crippen molar-refractivity contribution in [1.29, 1.82) is 0 Å². The molecule has 6 aromatic rings. The normalized spacial score (nSPS) is 10.3. The number of fused-ring (bicyclic) bond motifs is 2. The van der Waals surface area contributed by atoms with E-state index in [-0.39, 0.29) is 0 Å². The molecule has 0 saturated heterocycles. The van der Waals surface area contributed by atoms with Crippen molar-refractivity contribution in [2.45, 2.75) is 80.3 Å². The van der Waals surface area contributed by atoms with Gasteiger partial charge in [0, 0.05) is 9.52 Å². The van der Waals surface area contributed by atoms with Gasteiger partial charge in [-0.05, 0) is 48.9 Å². The third-order valence-corrected chi connectivity index (χ3v) is 8.11. The predicted molar refractivity (Wildman–Crippen MR) is 206 cm³/mol. The van der Waals surface area contributed by atoms with Crippen LogP contribution in [0.1, 0.15) is 60.1 Å². The zero-order valence-corrected chi connectivity index (χ0v) is 33.8. The molecule has 0 bridgehead atoms.